The molecule has 2 heteroatoms. The number of rotatable bonds is 10. The number of aryl methyl sites for hydroxylation is 1. The van der Waals surface area contributed by atoms with Crippen LogP contribution in [0, 0.1) is 12.8 Å². The van der Waals surface area contributed by atoms with E-state index in [-0.39, 0.29) is 11.0 Å². The lowest BCUT2D eigenvalue weighted by Crippen LogP contribution is -2.41. The summed E-state index contributed by atoms with van der Waals surface area (Å²) in [5, 5.41) is 7.62. The Bertz CT molecular complexity index is 2480. The minimum atomic E-state index is -0.223. The highest BCUT2D eigenvalue weighted by atomic mass is 15.0. The molecule has 0 amide bonds. The molecule has 5 aromatic rings. The maximum absolute atomic E-state index is 4.49. The van der Waals surface area contributed by atoms with E-state index in [2.05, 4.69) is 210 Å². The van der Waals surface area contributed by atoms with E-state index >= 15 is 0 Å². The van der Waals surface area contributed by atoms with Crippen molar-refractivity contribution in [1.82, 2.24) is 5.32 Å². The molecular formula is C54H52N2. The highest BCUT2D eigenvalue weighted by Crippen LogP contribution is 2.52. The molecule has 0 saturated carbocycles. The van der Waals surface area contributed by atoms with Crippen LogP contribution >= 0.6 is 0 Å². The maximum Gasteiger partial charge on any atom is 0.0571 e. The van der Waals surface area contributed by atoms with Gasteiger partial charge in [-0.3, -0.25) is 0 Å². The van der Waals surface area contributed by atoms with Gasteiger partial charge in [0.15, 0.2) is 0 Å². The number of allylic oxidation sites excluding steroid dienone is 9. The molecule has 0 bridgehead atoms. The largest absolute Gasteiger partial charge is 0.376 e. The minimum Gasteiger partial charge on any atom is -0.376 e. The van der Waals surface area contributed by atoms with E-state index in [4.69, 9.17) is 0 Å². The first kappa shape index (κ1) is 36.8. The van der Waals surface area contributed by atoms with Crippen LogP contribution in [-0.2, 0) is 5.41 Å². The third-order valence-electron chi connectivity index (χ3n) is 11.7. The van der Waals surface area contributed by atoms with Crippen molar-refractivity contribution in [2.75, 3.05) is 5.32 Å². The second-order valence-electron chi connectivity index (χ2n) is 16.5. The van der Waals surface area contributed by atoms with Gasteiger partial charge in [-0.1, -0.05) is 160 Å². The van der Waals surface area contributed by atoms with E-state index in [0.29, 0.717) is 5.92 Å². The van der Waals surface area contributed by atoms with Crippen molar-refractivity contribution >= 4 is 28.0 Å². The summed E-state index contributed by atoms with van der Waals surface area (Å²) in [5.74, 6) is 0.443. The first-order chi connectivity index (χ1) is 27.1. The van der Waals surface area contributed by atoms with Gasteiger partial charge in [0.05, 0.1) is 5.54 Å². The normalized spacial score (nSPS) is 19.9. The summed E-state index contributed by atoms with van der Waals surface area (Å²) in [6.07, 6.45) is 18.0. The van der Waals surface area contributed by atoms with Gasteiger partial charge in [-0.05, 0) is 136 Å². The van der Waals surface area contributed by atoms with Crippen molar-refractivity contribution in [2.24, 2.45) is 5.92 Å². The van der Waals surface area contributed by atoms with Crippen molar-refractivity contribution in [3.05, 3.63) is 221 Å². The zero-order valence-electron chi connectivity index (χ0n) is 33.4. The van der Waals surface area contributed by atoms with E-state index in [1.807, 2.05) is 12.3 Å². The molecule has 2 atom stereocenters. The Morgan fingerprint density at radius 3 is 2.32 bits per heavy atom. The molecule has 2 N–H and O–H groups in total. The Morgan fingerprint density at radius 2 is 1.50 bits per heavy atom. The molecule has 2 unspecified atom stereocenters. The molecule has 2 nitrogen and oxygen atoms in total. The summed E-state index contributed by atoms with van der Waals surface area (Å²) in [4.78, 5) is 0. The molecule has 3 aliphatic carbocycles. The van der Waals surface area contributed by atoms with E-state index in [1.165, 1.54) is 55.8 Å². The number of anilines is 1. The Balaban J connectivity index is 1.12. The van der Waals surface area contributed by atoms with Gasteiger partial charge in [0.2, 0.25) is 0 Å². The predicted molar refractivity (Wildman–Crippen MR) is 241 cm³/mol. The molecular weight excluding hydrogens is 677 g/mol. The fourth-order valence-corrected chi connectivity index (χ4v) is 8.55. The van der Waals surface area contributed by atoms with Crippen LogP contribution in [0.2, 0.25) is 0 Å². The lowest BCUT2D eigenvalue weighted by Gasteiger charge is -2.36. The molecule has 3 aliphatic rings. The van der Waals surface area contributed by atoms with Crippen LogP contribution in [0.4, 0.5) is 5.69 Å². The van der Waals surface area contributed by atoms with Crippen LogP contribution in [0.1, 0.15) is 73.9 Å². The minimum absolute atomic E-state index is 0.0151. The van der Waals surface area contributed by atoms with Crippen molar-refractivity contribution < 1.29 is 0 Å². The molecule has 56 heavy (non-hydrogen) atoms. The first-order valence-corrected chi connectivity index (χ1v) is 20.0. The summed E-state index contributed by atoms with van der Waals surface area (Å²) in [6.45, 7) is 16.0. The van der Waals surface area contributed by atoms with Gasteiger partial charge in [-0.2, -0.15) is 0 Å². The van der Waals surface area contributed by atoms with Gasteiger partial charge < -0.3 is 10.6 Å². The molecule has 0 heterocycles. The molecule has 0 saturated heterocycles. The van der Waals surface area contributed by atoms with Gasteiger partial charge in [0.25, 0.3) is 0 Å². The van der Waals surface area contributed by atoms with Gasteiger partial charge in [-0.15, -0.1) is 0 Å². The van der Waals surface area contributed by atoms with Crippen LogP contribution in [-0.4, -0.2) is 5.54 Å². The smallest absolute Gasteiger partial charge is 0.0571 e. The van der Waals surface area contributed by atoms with Crippen LogP contribution < -0.4 is 10.6 Å². The van der Waals surface area contributed by atoms with Crippen molar-refractivity contribution in [2.45, 2.75) is 58.4 Å². The summed E-state index contributed by atoms with van der Waals surface area (Å²) in [6, 6.07) is 45.6. The zero-order chi connectivity index (χ0) is 38.9. The highest BCUT2D eigenvalue weighted by Gasteiger charge is 2.41. The molecule has 278 valence electrons. The molecule has 5 aromatic carbocycles. The highest BCUT2D eigenvalue weighted by molar-refractivity contribution is 5.91. The van der Waals surface area contributed by atoms with Crippen LogP contribution in [0.15, 0.2) is 188 Å². The van der Waals surface area contributed by atoms with E-state index < -0.39 is 0 Å². The Labute approximate surface area is 334 Å². The van der Waals surface area contributed by atoms with Gasteiger partial charge in [-0.25, -0.2) is 0 Å². The summed E-state index contributed by atoms with van der Waals surface area (Å²) < 4.78 is 0. The summed E-state index contributed by atoms with van der Waals surface area (Å²) in [7, 11) is 0. The van der Waals surface area contributed by atoms with Crippen LogP contribution in [0.5, 0.6) is 0 Å². The van der Waals surface area contributed by atoms with E-state index in [1.54, 1.807) is 0 Å². The lowest BCUT2D eigenvalue weighted by atomic mass is 9.77. The van der Waals surface area contributed by atoms with Crippen molar-refractivity contribution in [3.8, 4) is 11.1 Å². The predicted octanol–water partition coefficient (Wildman–Crippen LogP) is 13.7. The summed E-state index contributed by atoms with van der Waals surface area (Å²) >= 11 is 0. The molecule has 8 rings (SSSR count). The molecule has 0 fully saturated rings. The summed E-state index contributed by atoms with van der Waals surface area (Å²) in [5.41, 5.74) is 18.2. The standard InChI is InChI=1S/C54H52N2/c1-37-22-25-41(26-23-37)43-17-13-19-46(35-43)55-31-29-44(33-39(3)40-14-8-7-9-15-40)42-16-12-18-45(34-42)48-32-38(2)24-27-52(48)56-54(6)30-28-51-49(36-54)47-20-10-11-21-50(47)53(51,4)5/h7-29,31,33-36,38,55-56H,3,30,32H2,1-2,4-6H3/b31-29-,44-33+. The second-order valence-corrected chi connectivity index (χ2v) is 16.5. The molecule has 0 radical (unpaired) electrons. The van der Waals surface area contributed by atoms with E-state index in [0.717, 1.165) is 40.8 Å². The number of benzene rings is 5. The van der Waals surface area contributed by atoms with E-state index in [9.17, 15) is 0 Å². The second kappa shape index (κ2) is 15.2. The lowest BCUT2D eigenvalue weighted by molar-refractivity contribution is 0.484. The Hall–Kier alpha value is -6.12. The van der Waals surface area contributed by atoms with Gasteiger partial charge in [0.1, 0.15) is 0 Å². The quantitative estimate of drug-likeness (QED) is 0.140. The first-order valence-electron chi connectivity index (χ1n) is 20.0. The number of nitrogens with one attached hydrogen (secondary N) is 2. The molecule has 0 spiro atoms. The fraction of sp³-hybridized carbons (Fsp3) is 0.185. The van der Waals surface area contributed by atoms with Crippen LogP contribution in [0.25, 0.3) is 33.4 Å². The maximum atomic E-state index is 4.49. The average Bonchev–Trinajstić information content (AvgIpc) is 3.43. The number of fused-ring (bicyclic) bond motifs is 3. The van der Waals surface area contributed by atoms with Gasteiger partial charge >= 0.3 is 0 Å². The fourth-order valence-electron chi connectivity index (χ4n) is 8.55. The Morgan fingerprint density at radius 1 is 0.768 bits per heavy atom. The monoisotopic (exact) mass is 728 g/mol. The third kappa shape index (κ3) is 7.57. The molecule has 0 aliphatic heterocycles. The number of hydrogen-bond acceptors (Lipinski definition) is 2. The topological polar surface area (TPSA) is 24.1 Å². The average molecular weight is 729 g/mol. The van der Waals surface area contributed by atoms with Crippen molar-refractivity contribution in [1.29, 1.82) is 0 Å². The molecule has 0 aromatic heterocycles. The number of hydrogen-bond donors (Lipinski definition) is 2. The Kier molecular flexibility index (Phi) is 9.99. The third-order valence-corrected chi connectivity index (χ3v) is 11.7. The van der Waals surface area contributed by atoms with Crippen LogP contribution in [0.3, 0.4) is 0 Å². The zero-order valence-corrected chi connectivity index (χ0v) is 33.4. The SMILES string of the molecule is C=C(/C=C(\C=C/Nc1cccc(-c2ccc(C)cc2)c1)c1cccc(C2=C(NC3(C)C=C4C(=CC3)C(C)(C)c3ccccc34)C=CC(C)C2)c1)c1ccccc1. The van der Waals surface area contributed by atoms with Crippen molar-refractivity contribution in [3.63, 3.8) is 0 Å². The van der Waals surface area contributed by atoms with Gasteiger partial charge in [0, 0.05) is 23.0 Å².